The fraction of sp³-hybridized carbons (Fsp3) is 0.167. The summed E-state index contributed by atoms with van der Waals surface area (Å²) in [7, 11) is 0. The van der Waals surface area contributed by atoms with Gasteiger partial charge >= 0.3 is 0 Å². The Morgan fingerprint density at radius 1 is 1.00 bits per heavy atom. The second kappa shape index (κ2) is 9.76. The number of aromatic nitrogens is 3. The van der Waals surface area contributed by atoms with E-state index < -0.39 is 0 Å². The van der Waals surface area contributed by atoms with Crippen molar-refractivity contribution in [1.29, 1.82) is 0 Å². The molecule has 0 unspecified atom stereocenters. The molecular formula is C30H26N4O2S. The van der Waals surface area contributed by atoms with Gasteiger partial charge in [-0.2, -0.15) is 9.78 Å². The van der Waals surface area contributed by atoms with Gasteiger partial charge in [0.25, 0.3) is 5.56 Å². The monoisotopic (exact) mass is 506 g/mol. The molecule has 0 aliphatic carbocycles. The Labute approximate surface area is 219 Å². The van der Waals surface area contributed by atoms with Gasteiger partial charge in [0, 0.05) is 46.9 Å². The summed E-state index contributed by atoms with van der Waals surface area (Å²) in [4.78, 5) is 20.6. The summed E-state index contributed by atoms with van der Waals surface area (Å²) in [6.45, 7) is 9.04. The molecule has 0 amide bonds. The number of ether oxygens (including phenoxy) is 1. The van der Waals surface area contributed by atoms with E-state index in [9.17, 15) is 4.79 Å². The van der Waals surface area contributed by atoms with Gasteiger partial charge in [-0.1, -0.05) is 36.9 Å². The first-order valence-electron chi connectivity index (χ1n) is 12.3. The fourth-order valence-corrected chi connectivity index (χ4v) is 5.43. The highest BCUT2D eigenvalue weighted by molar-refractivity contribution is 7.13. The molecule has 0 bridgehead atoms. The maximum atomic E-state index is 13.8. The lowest BCUT2D eigenvalue weighted by molar-refractivity contribution is 0.122. The van der Waals surface area contributed by atoms with E-state index >= 15 is 0 Å². The Hall–Kier alpha value is -4.07. The number of hydrogen-bond donors (Lipinski definition) is 0. The second-order valence-corrected chi connectivity index (χ2v) is 9.96. The number of morpholine rings is 1. The quantitative estimate of drug-likeness (QED) is 0.294. The van der Waals surface area contributed by atoms with E-state index in [-0.39, 0.29) is 5.56 Å². The van der Waals surface area contributed by atoms with Gasteiger partial charge < -0.3 is 9.64 Å². The molecule has 1 fully saturated rings. The van der Waals surface area contributed by atoms with Gasteiger partial charge in [0.1, 0.15) is 5.01 Å². The lowest BCUT2D eigenvalue weighted by atomic mass is 10.00. The van der Waals surface area contributed by atoms with E-state index in [2.05, 4.69) is 52.9 Å². The molecule has 37 heavy (non-hydrogen) atoms. The number of fused-ring (bicyclic) bond motifs is 1. The Kier molecular flexibility index (Phi) is 6.16. The average molecular weight is 507 g/mol. The molecule has 0 radical (unpaired) electrons. The second-order valence-electron chi connectivity index (χ2n) is 9.07. The summed E-state index contributed by atoms with van der Waals surface area (Å²) >= 11 is 1.59. The van der Waals surface area contributed by atoms with E-state index in [0.29, 0.717) is 18.6 Å². The molecule has 184 valence electrons. The van der Waals surface area contributed by atoms with E-state index in [4.69, 9.17) is 9.84 Å². The SMILES string of the molecule is C=Cc1cc(-c2nccs2)cc(-c2nn(-c3cc(N4CCOCC4)ccc3C)c(=O)c3ccccc23)c1. The number of rotatable bonds is 5. The van der Waals surface area contributed by atoms with Gasteiger partial charge in [0.15, 0.2) is 0 Å². The molecule has 0 N–H and O–H groups in total. The van der Waals surface area contributed by atoms with E-state index in [1.54, 1.807) is 22.2 Å². The Morgan fingerprint density at radius 2 is 1.78 bits per heavy atom. The van der Waals surface area contributed by atoms with Crippen LogP contribution in [0.3, 0.4) is 0 Å². The maximum absolute atomic E-state index is 13.8. The van der Waals surface area contributed by atoms with Crippen molar-refractivity contribution in [1.82, 2.24) is 14.8 Å². The smallest absolute Gasteiger partial charge is 0.279 e. The van der Waals surface area contributed by atoms with Crippen LogP contribution in [0.2, 0.25) is 0 Å². The van der Waals surface area contributed by atoms with E-state index in [1.165, 1.54) is 0 Å². The number of aryl methyl sites for hydroxylation is 1. The highest BCUT2D eigenvalue weighted by Crippen LogP contribution is 2.32. The van der Waals surface area contributed by atoms with Crippen LogP contribution >= 0.6 is 11.3 Å². The van der Waals surface area contributed by atoms with E-state index in [1.807, 2.05) is 42.6 Å². The molecule has 1 saturated heterocycles. The molecule has 3 heterocycles. The molecule has 7 heteroatoms. The first-order chi connectivity index (χ1) is 18.1. The summed E-state index contributed by atoms with van der Waals surface area (Å²) in [5.41, 5.74) is 6.31. The third-order valence-corrected chi connectivity index (χ3v) is 7.57. The average Bonchev–Trinajstić information content (AvgIpc) is 3.49. The highest BCUT2D eigenvalue weighted by atomic mass is 32.1. The summed E-state index contributed by atoms with van der Waals surface area (Å²) in [5.74, 6) is 0. The lowest BCUT2D eigenvalue weighted by Gasteiger charge is -2.29. The van der Waals surface area contributed by atoms with Gasteiger partial charge in [-0.05, 0) is 54.4 Å². The number of thiazole rings is 1. The minimum atomic E-state index is -0.137. The molecule has 1 aliphatic rings. The van der Waals surface area contributed by atoms with Crippen LogP contribution in [-0.2, 0) is 4.74 Å². The van der Waals surface area contributed by atoms with Crippen LogP contribution in [0.5, 0.6) is 0 Å². The Bertz CT molecular complexity index is 1670. The summed E-state index contributed by atoms with van der Waals surface area (Å²) in [5, 5.41) is 9.33. The normalized spacial score (nSPS) is 13.7. The molecular weight excluding hydrogens is 480 g/mol. The third kappa shape index (κ3) is 4.37. The zero-order valence-electron chi connectivity index (χ0n) is 20.6. The molecule has 0 saturated carbocycles. The van der Waals surface area contributed by atoms with Crippen LogP contribution in [0.4, 0.5) is 5.69 Å². The van der Waals surface area contributed by atoms with Crippen molar-refractivity contribution in [2.24, 2.45) is 0 Å². The largest absolute Gasteiger partial charge is 0.378 e. The minimum absolute atomic E-state index is 0.137. The molecule has 6 nitrogen and oxygen atoms in total. The summed E-state index contributed by atoms with van der Waals surface area (Å²) in [6.07, 6.45) is 3.63. The topological polar surface area (TPSA) is 60.3 Å². The molecule has 6 rings (SSSR count). The number of anilines is 1. The van der Waals surface area contributed by atoms with Crippen LogP contribution in [0.15, 0.2) is 83.6 Å². The maximum Gasteiger partial charge on any atom is 0.279 e. The predicted molar refractivity (Wildman–Crippen MR) is 152 cm³/mol. The molecule has 0 atom stereocenters. The van der Waals surface area contributed by atoms with Crippen molar-refractivity contribution in [3.8, 4) is 27.5 Å². The van der Waals surface area contributed by atoms with Crippen LogP contribution in [0, 0.1) is 6.92 Å². The Balaban J connectivity index is 1.58. The predicted octanol–water partition coefficient (Wildman–Crippen LogP) is 5.96. The lowest BCUT2D eigenvalue weighted by Crippen LogP contribution is -2.36. The first-order valence-corrected chi connectivity index (χ1v) is 13.1. The number of nitrogens with zero attached hydrogens (tertiary/aromatic N) is 4. The van der Waals surface area contributed by atoms with Gasteiger partial charge in [-0.25, -0.2) is 4.98 Å². The van der Waals surface area contributed by atoms with E-state index in [0.717, 1.165) is 62.8 Å². The van der Waals surface area contributed by atoms with Crippen LogP contribution in [0.25, 0.3) is 44.4 Å². The summed E-state index contributed by atoms with van der Waals surface area (Å²) < 4.78 is 7.08. The zero-order chi connectivity index (χ0) is 25.4. The van der Waals surface area contributed by atoms with Gasteiger partial charge in [0.2, 0.25) is 0 Å². The van der Waals surface area contributed by atoms with Crippen molar-refractivity contribution < 1.29 is 4.74 Å². The van der Waals surface area contributed by atoms with Crippen molar-refractivity contribution in [3.05, 3.63) is 100 Å². The minimum Gasteiger partial charge on any atom is -0.378 e. The van der Waals surface area contributed by atoms with Crippen molar-refractivity contribution in [3.63, 3.8) is 0 Å². The van der Waals surface area contributed by atoms with Crippen LogP contribution < -0.4 is 10.5 Å². The number of benzene rings is 3. The van der Waals surface area contributed by atoms with Gasteiger partial charge in [0.05, 0.1) is 30.0 Å². The molecule has 5 aromatic rings. The third-order valence-electron chi connectivity index (χ3n) is 6.75. The van der Waals surface area contributed by atoms with Gasteiger partial charge in [-0.3, -0.25) is 4.79 Å². The Morgan fingerprint density at radius 3 is 2.54 bits per heavy atom. The van der Waals surface area contributed by atoms with Gasteiger partial charge in [-0.15, -0.1) is 11.3 Å². The molecule has 2 aromatic heterocycles. The number of hydrogen-bond acceptors (Lipinski definition) is 6. The first kappa shape index (κ1) is 23.3. The molecule has 0 spiro atoms. The molecule has 3 aromatic carbocycles. The zero-order valence-corrected chi connectivity index (χ0v) is 21.4. The van der Waals surface area contributed by atoms with Crippen LogP contribution in [-0.4, -0.2) is 41.1 Å². The highest BCUT2D eigenvalue weighted by Gasteiger charge is 2.18. The standard InChI is InChI=1S/C30H26N4O2S/c1-3-21-16-22(18-23(17-21)29-31-10-15-37-29)28-25-6-4-5-7-26(25)30(35)34(32-28)27-19-24(9-8-20(27)2)33-11-13-36-14-12-33/h3-10,15-19H,1,11-14H2,2H3. The summed E-state index contributed by atoms with van der Waals surface area (Å²) in [6, 6.07) is 20.1. The van der Waals surface area contributed by atoms with Crippen LogP contribution in [0.1, 0.15) is 11.1 Å². The van der Waals surface area contributed by atoms with Crippen molar-refractivity contribution in [2.45, 2.75) is 6.92 Å². The van der Waals surface area contributed by atoms with Crippen molar-refractivity contribution in [2.75, 3.05) is 31.2 Å². The molecule has 1 aliphatic heterocycles. The fourth-order valence-electron chi connectivity index (χ4n) is 4.81. The van der Waals surface area contributed by atoms with Crippen molar-refractivity contribution >= 4 is 33.9 Å².